The highest BCUT2D eigenvalue weighted by Gasteiger charge is 2.56. The van der Waals surface area contributed by atoms with Gasteiger partial charge in [0.05, 0.1) is 5.69 Å². The molecule has 5 aromatic rings. The first kappa shape index (κ1) is 31.5. The van der Waals surface area contributed by atoms with E-state index < -0.39 is 11.4 Å². The highest BCUT2D eigenvalue weighted by molar-refractivity contribution is 6.30. The van der Waals surface area contributed by atoms with E-state index in [0.717, 1.165) is 27.9 Å². The summed E-state index contributed by atoms with van der Waals surface area (Å²) in [6.45, 7) is 6.62. The van der Waals surface area contributed by atoms with Crippen LogP contribution in [-0.4, -0.2) is 15.9 Å². The summed E-state index contributed by atoms with van der Waals surface area (Å²) in [4.78, 5) is 27.2. The van der Waals surface area contributed by atoms with Gasteiger partial charge in [0.1, 0.15) is 17.5 Å². The maximum absolute atomic E-state index is 15.2. The molecule has 1 aliphatic heterocycles. The van der Waals surface area contributed by atoms with Crippen LogP contribution in [0.4, 0.5) is 10.2 Å². The van der Waals surface area contributed by atoms with Crippen LogP contribution in [0.3, 0.4) is 0 Å². The minimum absolute atomic E-state index is 0.0440. The Labute approximate surface area is 278 Å². The summed E-state index contributed by atoms with van der Waals surface area (Å²) >= 11 is 12.4. The molecule has 1 aromatic heterocycles. The van der Waals surface area contributed by atoms with Crippen molar-refractivity contribution in [3.05, 3.63) is 158 Å². The van der Waals surface area contributed by atoms with Crippen molar-refractivity contribution in [3.63, 3.8) is 0 Å². The summed E-state index contributed by atoms with van der Waals surface area (Å²) in [5.41, 5.74) is 4.10. The summed E-state index contributed by atoms with van der Waals surface area (Å²) in [5.74, 6) is 0.676. The van der Waals surface area contributed by atoms with E-state index in [1.807, 2.05) is 98.5 Å². The lowest BCUT2D eigenvalue weighted by Gasteiger charge is -2.40. The topological polar surface area (TPSA) is 58.1 Å². The van der Waals surface area contributed by atoms with Gasteiger partial charge in [-0.05, 0) is 71.7 Å². The molecule has 1 aliphatic rings. The zero-order valence-corrected chi connectivity index (χ0v) is 27.3. The number of carbonyl (C=O) groups is 1. The van der Waals surface area contributed by atoms with Crippen molar-refractivity contribution in [2.24, 2.45) is 0 Å². The molecule has 0 saturated heterocycles. The number of amides is 1. The number of benzene rings is 4. The number of anilines is 1. The number of nitrogens with zero attached hydrogens (tertiary/aromatic N) is 3. The van der Waals surface area contributed by atoms with E-state index in [1.54, 1.807) is 24.3 Å². The summed E-state index contributed by atoms with van der Waals surface area (Å²) in [6, 6.07) is 30.9. The van der Waals surface area contributed by atoms with Gasteiger partial charge >= 0.3 is 0 Å². The van der Waals surface area contributed by atoms with Crippen LogP contribution in [0, 0.1) is 12.7 Å². The number of aryl methyl sites for hydroxylation is 1. The second kappa shape index (κ2) is 13.1. The van der Waals surface area contributed by atoms with E-state index in [0.29, 0.717) is 39.4 Å². The highest BCUT2D eigenvalue weighted by Crippen LogP contribution is 2.55. The first-order valence-electron chi connectivity index (χ1n) is 15.1. The maximum Gasteiger partial charge on any atom is 0.255 e. The molecular formula is C38H33Cl2FN4O. The SMILES string of the molecule is Cc1nc(C(C)C)nc2c1/C(=C/c1ccccc1)C(C(=O)NCc1ccc(Cl)cc1)(c1ccc(F)cc1)N2Cc1ccc(Cl)cc1. The molecule has 0 aliphatic carbocycles. The average Bonchev–Trinajstić information content (AvgIpc) is 3.32. The molecule has 8 heteroatoms. The minimum Gasteiger partial charge on any atom is -0.349 e. The van der Waals surface area contributed by atoms with Crippen LogP contribution in [0.2, 0.25) is 10.0 Å². The number of fused-ring (bicyclic) bond motifs is 1. The Kier molecular flexibility index (Phi) is 8.94. The zero-order valence-electron chi connectivity index (χ0n) is 25.8. The number of nitrogens with one attached hydrogen (secondary N) is 1. The predicted molar refractivity (Wildman–Crippen MR) is 184 cm³/mol. The van der Waals surface area contributed by atoms with Gasteiger partial charge in [-0.2, -0.15) is 0 Å². The van der Waals surface area contributed by atoms with Gasteiger partial charge < -0.3 is 10.2 Å². The van der Waals surface area contributed by atoms with E-state index in [2.05, 4.69) is 5.32 Å². The normalized spacial score (nSPS) is 16.6. The van der Waals surface area contributed by atoms with E-state index in [-0.39, 0.29) is 18.4 Å². The lowest BCUT2D eigenvalue weighted by molar-refractivity contribution is -0.124. The number of hydrogen-bond acceptors (Lipinski definition) is 4. The Bertz CT molecular complexity index is 1890. The molecule has 2 heterocycles. The van der Waals surface area contributed by atoms with Crippen molar-refractivity contribution in [1.29, 1.82) is 0 Å². The zero-order chi connectivity index (χ0) is 32.4. The van der Waals surface area contributed by atoms with E-state index in [4.69, 9.17) is 33.2 Å². The van der Waals surface area contributed by atoms with Gasteiger partial charge in [-0.3, -0.25) is 4.79 Å². The predicted octanol–water partition coefficient (Wildman–Crippen LogP) is 9.13. The van der Waals surface area contributed by atoms with Crippen LogP contribution in [0.15, 0.2) is 103 Å². The molecule has 1 atom stereocenters. The molecule has 1 N–H and O–H groups in total. The number of rotatable bonds is 8. The summed E-state index contributed by atoms with van der Waals surface area (Å²) in [6.07, 6.45) is 2.03. The second-order valence-corrected chi connectivity index (χ2v) is 12.6. The Balaban J connectivity index is 1.65. The molecule has 0 spiro atoms. The number of halogens is 3. The van der Waals surface area contributed by atoms with Crippen LogP contribution < -0.4 is 10.2 Å². The molecule has 4 aromatic carbocycles. The van der Waals surface area contributed by atoms with E-state index in [9.17, 15) is 4.39 Å². The first-order valence-corrected chi connectivity index (χ1v) is 15.9. The Morgan fingerprint density at radius 2 is 1.48 bits per heavy atom. The minimum atomic E-state index is -1.45. The Morgan fingerprint density at radius 3 is 2.09 bits per heavy atom. The monoisotopic (exact) mass is 650 g/mol. The summed E-state index contributed by atoms with van der Waals surface area (Å²) < 4.78 is 14.5. The molecule has 0 bridgehead atoms. The van der Waals surface area contributed by atoms with Gasteiger partial charge in [0.15, 0.2) is 5.54 Å². The lowest BCUT2D eigenvalue weighted by atomic mass is 9.79. The van der Waals surface area contributed by atoms with Crippen LogP contribution in [0.25, 0.3) is 11.6 Å². The maximum atomic E-state index is 15.2. The van der Waals surface area contributed by atoms with Gasteiger partial charge in [-0.25, -0.2) is 14.4 Å². The fourth-order valence-electron chi connectivity index (χ4n) is 5.98. The molecule has 0 radical (unpaired) electrons. The van der Waals surface area contributed by atoms with Crippen molar-refractivity contribution >= 4 is 46.6 Å². The van der Waals surface area contributed by atoms with E-state index in [1.165, 1.54) is 12.1 Å². The van der Waals surface area contributed by atoms with Crippen molar-refractivity contribution < 1.29 is 9.18 Å². The standard InChI is InChI=1S/C38H33Cl2FN4O/c1-24(2)35-43-25(3)34-33(21-26-7-5-4-6-8-26)38(29-13-19-32(41)20-14-29,37(46)42-22-27-9-15-30(39)16-10-27)45(36(34)44-35)23-28-11-17-31(40)18-12-28/h4-21,24H,22-23H2,1-3H3,(H,42,46)/b33-21-. The summed E-state index contributed by atoms with van der Waals surface area (Å²) in [7, 11) is 0. The molecule has 1 amide bonds. The van der Waals surface area contributed by atoms with Gasteiger partial charge in [0.25, 0.3) is 5.91 Å². The van der Waals surface area contributed by atoms with Crippen LogP contribution >= 0.6 is 23.2 Å². The van der Waals surface area contributed by atoms with Crippen LogP contribution in [-0.2, 0) is 23.4 Å². The third kappa shape index (κ3) is 6.03. The largest absolute Gasteiger partial charge is 0.349 e. The third-order valence-corrected chi connectivity index (χ3v) is 8.75. The van der Waals surface area contributed by atoms with Crippen LogP contribution in [0.1, 0.15) is 59.1 Å². The molecule has 5 nitrogen and oxygen atoms in total. The van der Waals surface area contributed by atoms with Crippen LogP contribution in [0.5, 0.6) is 0 Å². The molecule has 0 fully saturated rings. The fourth-order valence-corrected chi connectivity index (χ4v) is 6.23. The lowest BCUT2D eigenvalue weighted by Crippen LogP contribution is -2.54. The van der Waals surface area contributed by atoms with Crippen molar-refractivity contribution in [1.82, 2.24) is 15.3 Å². The molecule has 6 rings (SSSR count). The smallest absolute Gasteiger partial charge is 0.255 e. The Morgan fingerprint density at radius 1 is 0.870 bits per heavy atom. The molecule has 0 saturated carbocycles. The summed E-state index contributed by atoms with van der Waals surface area (Å²) in [5, 5.41) is 4.44. The second-order valence-electron chi connectivity index (χ2n) is 11.7. The molecule has 46 heavy (non-hydrogen) atoms. The Hall–Kier alpha value is -4.52. The number of hydrogen-bond donors (Lipinski definition) is 1. The molecule has 1 unspecified atom stereocenters. The fraction of sp³-hybridized carbons (Fsp3) is 0.184. The molecular weight excluding hydrogens is 618 g/mol. The average molecular weight is 652 g/mol. The van der Waals surface area contributed by atoms with Gasteiger partial charge in [-0.15, -0.1) is 0 Å². The molecule has 232 valence electrons. The van der Waals surface area contributed by atoms with Gasteiger partial charge in [0, 0.05) is 40.2 Å². The first-order chi connectivity index (χ1) is 22.2. The van der Waals surface area contributed by atoms with Gasteiger partial charge in [-0.1, -0.05) is 104 Å². The van der Waals surface area contributed by atoms with Crippen molar-refractivity contribution in [3.8, 4) is 0 Å². The van der Waals surface area contributed by atoms with Crippen molar-refractivity contribution in [2.75, 3.05) is 4.90 Å². The quantitative estimate of drug-likeness (QED) is 0.182. The highest BCUT2D eigenvalue weighted by atomic mass is 35.5. The van der Waals surface area contributed by atoms with Crippen molar-refractivity contribution in [2.45, 2.75) is 45.3 Å². The third-order valence-electron chi connectivity index (χ3n) is 8.25. The van der Waals surface area contributed by atoms with Gasteiger partial charge in [0.2, 0.25) is 0 Å². The number of carbonyl (C=O) groups excluding carboxylic acids is 1. The number of aromatic nitrogens is 2. The van der Waals surface area contributed by atoms with E-state index >= 15 is 4.79 Å².